The minimum Gasteiger partial charge on any atom is -0.477 e. The van der Waals surface area contributed by atoms with E-state index in [1.165, 1.54) is 36.7 Å². The van der Waals surface area contributed by atoms with Gasteiger partial charge in [-0.25, -0.2) is 19.2 Å². The van der Waals surface area contributed by atoms with Gasteiger partial charge in [0.1, 0.15) is 12.1 Å². The Balaban J connectivity index is 2.44. The van der Waals surface area contributed by atoms with Gasteiger partial charge in [-0.15, -0.1) is 0 Å². The molecule has 0 aliphatic carbocycles. The van der Waals surface area contributed by atoms with Crippen molar-refractivity contribution >= 4 is 5.97 Å². The third kappa shape index (κ3) is 2.03. The quantitative estimate of drug-likeness (QED) is 0.837. The van der Waals surface area contributed by atoms with E-state index in [1.807, 2.05) is 0 Å². The Kier molecular flexibility index (Phi) is 2.59. The summed E-state index contributed by atoms with van der Waals surface area (Å²) in [6, 6.07) is 6.98. The number of halogens is 1. The molecule has 4 nitrogen and oxygen atoms in total. The zero-order valence-corrected chi connectivity index (χ0v) is 8.09. The van der Waals surface area contributed by atoms with Crippen LogP contribution in [0.4, 0.5) is 4.39 Å². The second kappa shape index (κ2) is 4.06. The topological polar surface area (TPSA) is 63.1 Å². The summed E-state index contributed by atoms with van der Waals surface area (Å²) in [5, 5.41) is 8.75. The van der Waals surface area contributed by atoms with Crippen molar-refractivity contribution in [2.24, 2.45) is 0 Å². The fourth-order valence-corrected chi connectivity index (χ4v) is 1.25. The predicted octanol–water partition coefficient (Wildman–Crippen LogP) is 1.98. The van der Waals surface area contributed by atoms with Gasteiger partial charge < -0.3 is 5.11 Å². The molecular formula is C11H7FN2O2. The highest BCUT2D eigenvalue weighted by molar-refractivity contribution is 5.86. The van der Waals surface area contributed by atoms with E-state index in [4.69, 9.17) is 5.11 Å². The van der Waals surface area contributed by atoms with Crippen LogP contribution < -0.4 is 0 Å². The summed E-state index contributed by atoms with van der Waals surface area (Å²) in [6.45, 7) is 0. The van der Waals surface area contributed by atoms with Crippen molar-refractivity contribution in [1.82, 2.24) is 9.97 Å². The molecular weight excluding hydrogens is 211 g/mol. The van der Waals surface area contributed by atoms with Crippen molar-refractivity contribution in [1.29, 1.82) is 0 Å². The maximum absolute atomic E-state index is 12.7. The first-order chi connectivity index (χ1) is 7.66. The lowest BCUT2D eigenvalue weighted by molar-refractivity contribution is 0.0690. The third-order valence-electron chi connectivity index (χ3n) is 2.03. The van der Waals surface area contributed by atoms with Gasteiger partial charge in [0, 0.05) is 5.56 Å². The van der Waals surface area contributed by atoms with Gasteiger partial charge in [0.25, 0.3) is 0 Å². The van der Waals surface area contributed by atoms with Crippen LogP contribution in [0.1, 0.15) is 10.5 Å². The fourth-order valence-electron chi connectivity index (χ4n) is 1.25. The van der Waals surface area contributed by atoms with E-state index < -0.39 is 5.97 Å². The van der Waals surface area contributed by atoms with Gasteiger partial charge in [0.15, 0.2) is 5.69 Å². The van der Waals surface area contributed by atoms with Crippen molar-refractivity contribution in [3.63, 3.8) is 0 Å². The summed E-state index contributed by atoms with van der Waals surface area (Å²) >= 11 is 0. The van der Waals surface area contributed by atoms with Gasteiger partial charge in [-0.3, -0.25) is 0 Å². The monoisotopic (exact) mass is 218 g/mol. The molecule has 80 valence electrons. The van der Waals surface area contributed by atoms with Crippen LogP contribution in [0, 0.1) is 5.82 Å². The average Bonchev–Trinajstić information content (AvgIpc) is 2.30. The van der Waals surface area contributed by atoms with Crippen LogP contribution in [0.25, 0.3) is 11.3 Å². The minimum atomic E-state index is -1.12. The second-order valence-corrected chi connectivity index (χ2v) is 3.10. The maximum atomic E-state index is 12.7. The number of carbonyl (C=O) groups is 1. The van der Waals surface area contributed by atoms with Crippen molar-refractivity contribution in [3.8, 4) is 11.3 Å². The van der Waals surface area contributed by atoms with Crippen LogP contribution in [0.3, 0.4) is 0 Å². The summed E-state index contributed by atoms with van der Waals surface area (Å²) < 4.78 is 12.7. The van der Waals surface area contributed by atoms with Gasteiger partial charge in [0.05, 0.1) is 5.69 Å². The number of benzene rings is 1. The predicted molar refractivity (Wildman–Crippen MR) is 54.4 cm³/mol. The Morgan fingerprint density at radius 1 is 1.19 bits per heavy atom. The summed E-state index contributed by atoms with van der Waals surface area (Å²) in [4.78, 5) is 18.2. The summed E-state index contributed by atoms with van der Waals surface area (Å²) in [5.41, 5.74) is 1.01. The molecule has 0 saturated heterocycles. The molecule has 16 heavy (non-hydrogen) atoms. The molecule has 0 saturated carbocycles. The Morgan fingerprint density at radius 2 is 1.88 bits per heavy atom. The molecule has 0 bridgehead atoms. The number of hydrogen-bond acceptors (Lipinski definition) is 3. The molecule has 0 atom stereocenters. The molecule has 0 radical (unpaired) electrons. The highest BCUT2D eigenvalue weighted by Gasteiger charge is 2.07. The molecule has 1 heterocycles. The Bertz CT molecular complexity index is 526. The third-order valence-corrected chi connectivity index (χ3v) is 2.03. The lowest BCUT2D eigenvalue weighted by Gasteiger charge is -2.00. The number of aromatic nitrogens is 2. The molecule has 0 fully saturated rings. The van der Waals surface area contributed by atoms with Crippen LogP contribution in [0.15, 0.2) is 36.7 Å². The summed E-state index contributed by atoms with van der Waals surface area (Å²) in [6.07, 6.45) is 1.17. The SMILES string of the molecule is O=C(O)c1cc(-c2ccc(F)cc2)ncn1. The number of nitrogens with zero attached hydrogens (tertiary/aromatic N) is 2. The first-order valence-corrected chi connectivity index (χ1v) is 4.48. The van der Waals surface area contributed by atoms with Crippen molar-refractivity contribution in [2.75, 3.05) is 0 Å². The summed E-state index contributed by atoms with van der Waals surface area (Å²) in [7, 11) is 0. The van der Waals surface area contributed by atoms with Crippen LogP contribution in [-0.2, 0) is 0 Å². The van der Waals surface area contributed by atoms with Gasteiger partial charge in [0.2, 0.25) is 0 Å². The largest absolute Gasteiger partial charge is 0.477 e. The summed E-state index contributed by atoms with van der Waals surface area (Å²) in [5.74, 6) is -1.47. The number of carboxylic acids is 1. The highest BCUT2D eigenvalue weighted by atomic mass is 19.1. The zero-order chi connectivity index (χ0) is 11.5. The number of rotatable bonds is 2. The maximum Gasteiger partial charge on any atom is 0.354 e. The lowest BCUT2D eigenvalue weighted by Crippen LogP contribution is -2.01. The average molecular weight is 218 g/mol. The molecule has 5 heteroatoms. The van der Waals surface area contributed by atoms with E-state index in [1.54, 1.807) is 0 Å². The van der Waals surface area contributed by atoms with Crippen LogP contribution in [0.2, 0.25) is 0 Å². The molecule has 0 amide bonds. The van der Waals surface area contributed by atoms with Crippen molar-refractivity contribution in [2.45, 2.75) is 0 Å². The smallest absolute Gasteiger partial charge is 0.354 e. The van der Waals surface area contributed by atoms with Crippen molar-refractivity contribution in [3.05, 3.63) is 48.2 Å². The van der Waals surface area contributed by atoms with E-state index in [0.29, 0.717) is 11.3 Å². The van der Waals surface area contributed by atoms with Crippen LogP contribution >= 0.6 is 0 Å². The Hall–Kier alpha value is -2.30. The number of carboxylic acid groups (broad SMARTS) is 1. The van der Waals surface area contributed by atoms with Gasteiger partial charge in [-0.2, -0.15) is 0 Å². The molecule has 2 aromatic rings. The highest BCUT2D eigenvalue weighted by Crippen LogP contribution is 2.17. The molecule has 1 aromatic carbocycles. The van der Waals surface area contributed by atoms with Gasteiger partial charge >= 0.3 is 5.97 Å². The number of hydrogen-bond donors (Lipinski definition) is 1. The molecule has 0 unspecified atom stereocenters. The first-order valence-electron chi connectivity index (χ1n) is 4.48. The first kappa shape index (κ1) is 10.2. The Morgan fingerprint density at radius 3 is 2.50 bits per heavy atom. The van der Waals surface area contributed by atoms with E-state index in [9.17, 15) is 9.18 Å². The van der Waals surface area contributed by atoms with Crippen LogP contribution in [-0.4, -0.2) is 21.0 Å². The zero-order valence-electron chi connectivity index (χ0n) is 8.09. The number of aromatic carboxylic acids is 1. The van der Waals surface area contributed by atoms with E-state index in [0.717, 1.165) is 0 Å². The molecule has 0 aliphatic rings. The van der Waals surface area contributed by atoms with E-state index in [-0.39, 0.29) is 11.5 Å². The normalized spacial score (nSPS) is 10.1. The molecule has 0 aliphatic heterocycles. The second-order valence-electron chi connectivity index (χ2n) is 3.10. The molecule has 0 spiro atoms. The van der Waals surface area contributed by atoms with Gasteiger partial charge in [-0.1, -0.05) is 0 Å². The Labute approximate surface area is 90.4 Å². The minimum absolute atomic E-state index is 0.0886. The van der Waals surface area contributed by atoms with E-state index >= 15 is 0 Å². The molecule has 2 rings (SSSR count). The fraction of sp³-hybridized carbons (Fsp3) is 0. The molecule has 1 N–H and O–H groups in total. The van der Waals surface area contributed by atoms with Crippen LogP contribution in [0.5, 0.6) is 0 Å². The molecule has 1 aromatic heterocycles. The van der Waals surface area contributed by atoms with E-state index in [2.05, 4.69) is 9.97 Å². The van der Waals surface area contributed by atoms with Gasteiger partial charge in [-0.05, 0) is 30.3 Å². The lowest BCUT2D eigenvalue weighted by atomic mass is 10.1. The standard InChI is InChI=1S/C11H7FN2O2/c12-8-3-1-7(2-4-8)9-5-10(11(15)16)14-6-13-9/h1-6H,(H,15,16). The van der Waals surface area contributed by atoms with Crippen molar-refractivity contribution < 1.29 is 14.3 Å².